The minimum Gasteiger partial charge on any atom is -0.301 e. The lowest BCUT2D eigenvalue weighted by atomic mass is 10.1. The van der Waals surface area contributed by atoms with Crippen LogP contribution < -0.4 is 5.32 Å². The van der Waals surface area contributed by atoms with Crippen molar-refractivity contribution in [3.8, 4) is 0 Å². The van der Waals surface area contributed by atoms with E-state index in [2.05, 4.69) is 29.4 Å². The molecule has 0 aliphatic carbocycles. The largest absolute Gasteiger partial charge is 0.301 e. The first-order valence-electron chi connectivity index (χ1n) is 6.53. The summed E-state index contributed by atoms with van der Waals surface area (Å²) in [6.45, 7) is 4.35. The Balaban J connectivity index is 1.90. The highest BCUT2D eigenvalue weighted by atomic mass is 32.1. The molecule has 106 valence electrons. The van der Waals surface area contributed by atoms with Gasteiger partial charge in [-0.05, 0) is 26.5 Å². The highest BCUT2D eigenvalue weighted by molar-refractivity contribution is 7.13. The summed E-state index contributed by atoms with van der Waals surface area (Å²) in [6.07, 6.45) is 0. The van der Waals surface area contributed by atoms with E-state index in [-0.39, 0.29) is 11.9 Å². The van der Waals surface area contributed by atoms with Crippen LogP contribution in [0.4, 0.5) is 5.13 Å². The van der Waals surface area contributed by atoms with E-state index in [0.717, 1.165) is 5.69 Å². The van der Waals surface area contributed by atoms with E-state index in [1.54, 1.807) is 0 Å². The fraction of sp³-hybridized carbons (Fsp3) is 0.333. The quantitative estimate of drug-likeness (QED) is 0.920. The van der Waals surface area contributed by atoms with Gasteiger partial charge in [-0.15, -0.1) is 11.3 Å². The Morgan fingerprint density at radius 2 is 2.10 bits per heavy atom. The lowest BCUT2D eigenvalue weighted by molar-refractivity contribution is -0.117. The molecule has 20 heavy (non-hydrogen) atoms. The van der Waals surface area contributed by atoms with Gasteiger partial charge in [-0.2, -0.15) is 0 Å². The standard InChI is InChI=1S/C15H19N3OS/c1-11-10-20-15(16-11)17-14(19)9-18(3)12(2)13-7-5-4-6-8-13/h4-8,10,12H,9H2,1-3H3,(H,16,17,19). The van der Waals surface area contributed by atoms with E-state index >= 15 is 0 Å². The molecular weight excluding hydrogens is 270 g/mol. The summed E-state index contributed by atoms with van der Waals surface area (Å²) >= 11 is 1.45. The Bertz CT molecular complexity index is 568. The van der Waals surface area contributed by atoms with Gasteiger partial charge in [-0.25, -0.2) is 4.98 Å². The number of carbonyl (C=O) groups is 1. The van der Waals surface area contributed by atoms with Crippen molar-refractivity contribution in [3.05, 3.63) is 47.0 Å². The maximum Gasteiger partial charge on any atom is 0.240 e. The van der Waals surface area contributed by atoms with Gasteiger partial charge in [0, 0.05) is 11.4 Å². The van der Waals surface area contributed by atoms with Gasteiger partial charge in [-0.1, -0.05) is 30.3 Å². The Labute approximate surface area is 123 Å². The first-order valence-corrected chi connectivity index (χ1v) is 7.41. The molecule has 0 spiro atoms. The first kappa shape index (κ1) is 14.7. The minimum absolute atomic E-state index is 0.0374. The van der Waals surface area contributed by atoms with Crippen LogP contribution in [0.15, 0.2) is 35.7 Å². The van der Waals surface area contributed by atoms with Crippen molar-refractivity contribution in [2.75, 3.05) is 18.9 Å². The molecule has 0 bridgehead atoms. The Hall–Kier alpha value is -1.72. The molecule has 2 rings (SSSR count). The molecule has 0 saturated heterocycles. The van der Waals surface area contributed by atoms with Crippen LogP contribution in [-0.2, 0) is 4.79 Å². The van der Waals surface area contributed by atoms with E-state index in [4.69, 9.17) is 0 Å². The molecule has 2 aromatic rings. The SMILES string of the molecule is Cc1csc(NC(=O)CN(C)C(C)c2ccccc2)n1. The van der Waals surface area contributed by atoms with Crippen LogP contribution in [-0.4, -0.2) is 29.4 Å². The van der Waals surface area contributed by atoms with Crippen LogP contribution in [0.3, 0.4) is 0 Å². The molecule has 1 heterocycles. The average molecular weight is 289 g/mol. The van der Waals surface area contributed by atoms with Gasteiger partial charge in [0.2, 0.25) is 5.91 Å². The Morgan fingerprint density at radius 3 is 2.70 bits per heavy atom. The van der Waals surface area contributed by atoms with Gasteiger partial charge in [0.05, 0.1) is 12.2 Å². The van der Waals surface area contributed by atoms with E-state index < -0.39 is 0 Å². The maximum absolute atomic E-state index is 12.0. The molecular formula is C15H19N3OS. The lowest BCUT2D eigenvalue weighted by Gasteiger charge is -2.24. The number of likely N-dealkylation sites (N-methyl/N-ethyl adjacent to an activating group) is 1. The second-order valence-electron chi connectivity index (χ2n) is 4.84. The zero-order valence-electron chi connectivity index (χ0n) is 12.0. The van der Waals surface area contributed by atoms with Crippen LogP contribution in [0.2, 0.25) is 0 Å². The molecule has 0 aliphatic rings. The summed E-state index contributed by atoms with van der Waals surface area (Å²) in [4.78, 5) is 18.2. The molecule has 1 aromatic heterocycles. The third kappa shape index (κ3) is 3.88. The second-order valence-corrected chi connectivity index (χ2v) is 5.70. The summed E-state index contributed by atoms with van der Waals surface area (Å²) in [5.41, 5.74) is 2.13. The lowest BCUT2D eigenvalue weighted by Crippen LogP contribution is -2.32. The third-order valence-corrected chi connectivity index (χ3v) is 4.08. The number of carbonyl (C=O) groups excluding carboxylic acids is 1. The topological polar surface area (TPSA) is 45.2 Å². The third-order valence-electron chi connectivity index (χ3n) is 3.20. The fourth-order valence-electron chi connectivity index (χ4n) is 1.92. The fourth-order valence-corrected chi connectivity index (χ4v) is 2.62. The average Bonchev–Trinajstić information content (AvgIpc) is 2.84. The molecule has 0 fully saturated rings. The summed E-state index contributed by atoms with van der Waals surface area (Å²) in [5, 5.41) is 5.41. The number of aromatic nitrogens is 1. The van der Waals surface area contributed by atoms with Gasteiger partial charge >= 0.3 is 0 Å². The van der Waals surface area contributed by atoms with Gasteiger partial charge in [-0.3, -0.25) is 9.69 Å². The highest BCUT2D eigenvalue weighted by Crippen LogP contribution is 2.18. The highest BCUT2D eigenvalue weighted by Gasteiger charge is 2.15. The van der Waals surface area contributed by atoms with Gasteiger partial charge in [0.25, 0.3) is 0 Å². The van der Waals surface area contributed by atoms with Gasteiger partial charge in [0.1, 0.15) is 0 Å². The van der Waals surface area contributed by atoms with Gasteiger partial charge in [0.15, 0.2) is 5.13 Å². The van der Waals surface area contributed by atoms with Crippen molar-refractivity contribution in [1.29, 1.82) is 0 Å². The Kier molecular flexibility index (Phi) is 4.87. The number of thiazole rings is 1. The second kappa shape index (κ2) is 6.63. The van der Waals surface area contributed by atoms with Crippen molar-refractivity contribution in [2.45, 2.75) is 19.9 Å². The molecule has 0 radical (unpaired) electrons. The number of nitrogens with one attached hydrogen (secondary N) is 1. The number of hydrogen-bond acceptors (Lipinski definition) is 4. The number of nitrogens with zero attached hydrogens (tertiary/aromatic N) is 2. The summed E-state index contributed by atoms with van der Waals surface area (Å²) in [7, 11) is 1.95. The molecule has 1 atom stereocenters. The zero-order chi connectivity index (χ0) is 14.5. The predicted octanol–water partition coefficient (Wildman–Crippen LogP) is 3.08. The number of amides is 1. The van der Waals surface area contributed by atoms with E-state index in [1.165, 1.54) is 16.9 Å². The number of aryl methyl sites for hydroxylation is 1. The van der Waals surface area contributed by atoms with Crippen molar-refractivity contribution in [1.82, 2.24) is 9.88 Å². The number of anilines is 1. The smallest absolute Gasteiger partial charge is 0.240 e. The normalized spacial score (nSPS) is 12.4. The van der Waals surface area contributed by atoms with E-state index in [0.29, 0.717) is 11.7 Å². The molecule has 1 aromatic carbocycles. The first-order chi connectivity index (χ1) is 9.56. The minimum atomic E-state index is -0.0374. The summed E-state index contributed by atoms with van der Waals surface area (Å²) in [6, 6.07) is 10.4. The number of rotatable bonds is 5. The van der Waals surface area contributed by atoms with Crippen LogP contribution in [0.1, 0.15) is 24.2 Å². The molecule has 0 saturated carbocycles. The van der Waals surface area contributed by atoms with E-state index in [1.807, 2.05) is 42.5 Å². The number of benzene rings is 1. The molecule has 0 aliphatic heterocycles. The van der Waals surface area contributed by atoms with Crippen molar-refractivity contribution >= 4 is 22.4 Å². The number of hydrogen-bond donors (Lipinski definition) is 1. The van der Waals surface area contributed by atoms with Crippen LogP contribution in [0.25, 0.3) is 0 Å². The summed E-state index contributed by atoms with van der Waals surface area (Å²) in [5.74, 6) is -0.0374. The van der Waals surface area contributed by atoms with Crippen molar-refractivity contribution in [2.24, 2.45) is 0 Å². The molecule has 1 amide bonds. The van der Waals surface area contributed by atoms with Gasteiger partial charge < -0.3 is 5.32 Å². The monoisotopic (exact) mass is 289 g/mol. The molecule has 1 unspecified atom stereocenters. The van der Waals surface area contributed by atoms with Crippen LogP contribution in [0, 0.1) is 6.92 Å². The summed E-state index contributed by atoms with van der Waals surface area (Å²) < 4.78 is 0. The predicted molar refractivity (Wildman–Crippen MR) is 83.0 cm³/mol. The molecule has 4 nitrogen and oxygen atoms in total. The van der Waals surface area contributed by atoms with Crippen molar-refractivity contribution < 1.29 is 4.79 Å². The van der Waals surface area contributed by atoms with Crippen LogP contribution in [0.5, 0.6) is 0 Å². The van der Waals surface area contributed by atoms with Crippen molar-refractivity contribution in [3.63, 3.8) is 0 Å². The van der Waals surface area contributed by atoms with Crippen LogP contribution >= 0.6 is 11.3 Å². The van der Waals surface area contributed by atoms with E-state index in [9.17, 15) is 4.79 Å². The zero-order valence-corrected chi connectivity index (χ0v) is 12.8. The Morgan fingerprint density at radius 1 is 1.40 bits per heavy atom. The maximum atomic E-state index is 12.0. The molecule has 5 heteroatoms. The molecule has 1 N–H and O–H groups in total.